The highest BCUT2D eigenvalue weighted by Crippen LogP contribution is 2.44. The number of ether oxygens (including phenoxy) is 2. The average Bonchev–Trinajstić information content (AvgIpc) is 2.76. The SMILES string of the molecule is CCC(C)(C)C(=O)OC1(C)CC2CCC1O2. The molecule has 2 aliphatic heterocycles. The lowest BCUT2D eigenvalue weighted by atomic mass is 9.85. The number of fused-ring (bicyclic) bond motifs is 2. The molecule has 92 valence electrons. The lowest BCUT2D eigenvalue weighted by Crippen LogP contribution is -2.44. The van der Waals surface area contributed by atoms with Crippen molar-refractivity contribution in [2.45, 2.75) is 71.2 Å². The van der Waals surface area contributed by atoms with Crippen LogP contribution in [0.2, 0.25) is 0 Å². The predicted octanol–water partition coefficient (Wildman–Crippen LogP) is 2.68. The van der Waals surface area contributed by atoms with Gasteiger partial charge in [-0.3, -0.25) is 4.79 Å². The van der Waals surface area contributed by atoms with Gasteiger partial charge in [-0.15, -0.1) is 0 Å². The van der Waals surface area contributed by atoms with Gasteiger partial charge in [0.25, 0.3) is 0 Å². The minimum Gasteiger partial charge on any atom is -0.456 e. The molecule has 2 aliphatic rings. The third kappa shape index (κ3) is 1.86. The van der Waals surface area contributed by atoms with Crippen LogP contribution in [-0.4, -0.2) is 23.8 Å². The zero-order chi connectivity index (χ0) is 12.0. The van der Waals surface area contributed by atoms with Crippen molar-refractivity contribution in [3.63, 3.8) is 0 Å². The number of carbonyl (C=O) groups is 1. The summed E-state index contributed by atoms with van der Waals surface area (Å²) in [6, 6.07) is 0. The van der Waals surface area contributed by atoms with Crippen molar-refractivity contribution < 1.29 is 14.3 Å². The standard InChI is InChI=1S/C13H22O3/c1-5-12(2,3)11(14)16-13(4)8-9-6-7-10(13)15-9/h9-10H,5-8H2,1-4H3. The highest BCUT2D eigenvalue weighted by atomic mass is 16.6. The van der Waals surface area contributed by atoms with Crippen LogP contribution in [-0.2, 0) is 14.3 Å². The van der Waals surface area contributed by atoms with Crippen LogP contribution >= 0.6 is 0 Å². The lowest BCUT2D eigenvalue weighted by molar-refractivity contribution is -0.174. The smallest absolute Gasteiger partial charge is 0.312 e. The van der Waals surface area contributed by atoms with E-state index in [1.807, 2.05) is 27.7 Å². The van der Waals surface area contributed by atoms with Crippen LogP contribution in [0.3, 0.4) is 0 Å². The summed E-state index contributed by atoms with van der Waals surface area (Å²) in [6.07, 6.45) is 4.25. The van der Waals surface area contributed by atoms with Gasteiger partial charge in [0.2, 0.25) is 0 Å². The third-order valence-electron chi connectivity index (χ3n) is 4.18. The van der Waals surface area contributed by atoms with Crippen LogP contribution in [0, 0.1) is 5.41 Å². The fourth-order valence-electron chi connectivity index (χ4n) is 2.49. The molecule has 16 heavy (non-hydrogen) atoms. The van der Waals surface area contributed by atoms with Crippen molar-refractivity contribution in [1.29, 1.82) is 0 Å². The molecule has 2 heterocycles. The van der Waals surface area contributed by atoms with E-state index in [9.17, 15) is 4.79 Å². The van der Waals surface area contributed by atoms with Crippen molar-refractivity contribution in [1.82, 2.24) is 0 Å². The van der Waals surface area contributed by atoms with Crippen molar-refractivity contribution in [3.05, 3.63) is 0 Å². The number of hydrogen-bond donors (Lipinski definition) is 0. The molecule has 0 aromatic rings. The van der Waals surface area contributed by atoms with E-state index in [0.29, 0.717) is 6.10 Å². The summed E-state index contributed by atoms with van der Waals surface area (Å²) in [5.74, 6) is -0.0892. The molecule has 3 nitrogen and oxygen atoms in total. The molecule has 2 rings (SSSR count). The molecule has 0 aromatic heterocycles. The monoisotopic (exact) mass is 226 g/mol. The first kappa shape index (κ1) is 11.9. The highest BCUT2D eigenvalue weighted by molar-refractivity contribution is 5.76. The molecule has 2 saturated heterocycles. The summed E-state index contributed by atoms with van der Waals surface area (Å²) in [7, 11) is 0. The van der Waals surface area contributed by atoms with E-state index >= 15 is 0 Å². The average molecular weight is 226 g/mol. The van der Waals surface area contributed by atoms with Crippen LogP contribution in [0.1, 0.15) is 53.4 Å². The first-order valence-corrected chi connectivity index (χ1v) is 6.26. The number of esters is 1. The van der Waals surface area contributed by atoms with Gasteiger partial charge in [-0.25, -0.2) is 0 Å². The van der Waals surface area contributed by atoms with E-state index in [1.54, 1.807) is 0 Å². The van der Waals surface area contributed by atoms with Gasteiger partial charge >= 0.3 is 5.97 Å². The summed E-state index contributed by atoms with van der Waals surface area (Å²) in [4.78, 5) is 12.1. The molecule has 3 unspecified atom stereocenters. The second kappa shape index (κ2) is 3.73. The largest absolute Gasteiger partial charge is 0.456 e. The van der Waals surface area contributed by atoms with Gasteiger partial charge in [-0.1, -0.05) is 6.92 Å². The Morgan fingerprint density at radius 3 is 2.62 bits per heavy atom. The Bertz CT molecular complexity index is 298. The fraction of sp³-hybridized carbons (Fsp3) is 0.923. The topological polar surface area (TPSA) is 35.5 Å². The Morgan fingerprint density at radius 1 is 1.50 bits per heavy atom. The third-order valence-corrected chi connectivity index (χ3v) is 4.18. The molecule has 0 radical (unpaired) electrons. The van der Waals surface area contributed by atoms with Gasteiger partial charge < -0.3 is 9.47 Å². The molecule has 0 saturated carbocycles. The van der Waals surface area contributed by atoms with E-state index in [-0.39, 0.29) is 23.1 Å². The molecular weight excluding hydrogens is 204 g/mol. The van der Waals surface area contributed by atoms with Crippen LogP contribution in [0.25, 0.3) is 0 Å². The summed E-state index contributed by atoms with van der Waals surface area (Å²) in [5.41, 5.74) is -0.767. The van der Waals surface area contributed by atoms with Crippen molar-refractivity contribution >= 4 is 5.97 Å². The summed E-state index contributed by atoms with van der Waals surface area (Å²) in [5, 5.41) is 0. The van der Waals surface area contributed by atoms with Crippen molar-refractivity contribution in [2.75, 3.05) is 0 Å². The number of rotatable bonds is 3. The Balaban J connectivity index is 2.02. The van der Waals surface area contributed by atoms with Gasteiger partial charge in [-0.05, 0) is 40.0 Å². The Hall–Kier alpha value is -0.570. The van der Waals surface area contributed by atoms with Crippen molar-refractivity contribution in [2.24, 2.45) is 5.41 Å². The van der Waals surface area contributed by atoms with Crippen LogP contribution in [0.15, 0.2) is 0 Å². The van der Waals surface area contributed by atoms with Crippen LogP contribution in [0.5, 0.6) is 0 Å². The van der Waals surface area contributed by atoms with E-state index in [0.717, 1.165) is 25.7 Å². The van der Waals surface area contributed by atoms with Gasteiger partial charge in [0.1, 0.15) is 5.60 Å². The van der Waals surface area contributed by atoms with E-state index in [4.69, 9.17) is 9.47 Å². The minimum absolute atomic E-state index is 0.0892. The van der Waals surface area contributed by atoms with E-state index < -0.39 is 0 Å². The summed E-state index contributed by atoms with van der Waals surface area (Å²) >= 11 is 0. The molecule has 2 fully saturated rings. The van der Waals surface area contributed by atoms with Crippen LogP contribution < -0.4 is 0 Å². The minimum atomic E-state index is -0.384. The fourth-order valence-corrected chi connectivity index (χ4v) is 2.49. The zero-order valence-corrected chi connectivity index (χ0v) is 10.7. The lowest BCUT2D eigenvalue weighted by Gasteiger charge is -2.34. The maximum Gasteiger partial charge on any atom is 0.312 e. The van der Waals surface area contributed by atoms with Gasteiger partial charge in [0.15, 0.2) is 0 Å². The Labute approximate surface area is 97.5 Å². The molecule has 0 aromatic carbocycles. The Morgan fingerprint density at radius 2 is 2.19 bits per heavy atom. The normalized spacial score (nSPS) is 37.8. The Kier molecular flexibility index (Phi) is 2.77. The molecule has 0 amide bonds. The van der Waals surface area contributed by atoms with E-state index in [1.165, 1.54) is 0 Å². The van der Waals surface area contributed by atoms with Gasteiger partial charge in [0, 0.05) is 6.42 Å². The van der Waals surface area contributed by atoms with Gasteiger partial charge in [-0.2, -0.15) is 0 Å². The first-order chi connectivity index (χ1) is 7.37. The quantitative estimate of drug-likeness (QED) is 0.694. The molecular formula is C13H22O3. The molecule has 0 aliphatic carbocycles. The predicted molar refractivity (Wildman–Crippen MR) is 61.1 cm³/mol. The molecule has 3 atom stereocenters. The first-order valence-electron chi connectivity index (χ1n) is 6.26. The van der Waals surface area contributed by atoms with E-state index in [2.05, 4.69) is 0 Å². The molecule has 3 heteroatoms. The van der Waals surface area contributed by atoms with Crippen LogP contribution in [0.4, 0.5) is 0 Å². The highest BCUT2D eigenvalue weighted by Gasteiger charge is 2.53. The number of carbonyl (C=O) groups excluding carboxylic acids is 1. The second-order valence-corrected chi connectivity index (χ2v) is 5.97. The summed E-state index contributed by atoms with van der Waals surface area (Å²) in [6.45, 7) is 7.90. The second-order valence-electron chi connectivity index (χ2n) is 5.97. The molecule has 0 N–H and O–H groups in total. The van der Waals surface area contributed by atoms with Crippen molar-refractivity contribution in [3.8, 4) is 0 Å². The number of hydrogen-bond acceptors (Lipinski definition) is 3. The molecule has 2 bridgehead atoms. The maximum atomic E-state index is 12.1. The summed E-state index contributed by atoms with van der Waals surface area (Å²) < 4.78 is 11.5. The van der Waals surface area contributed by atoms with Gasteiger partial charge in [0.05, 0.1) is 17.6 Å². The molecule has 0 spiro atoms. The maximum absolute atomic E-state index is 12.1. The zero-order valence-electron chi connectivity index (χ0n) is 10.7.